The van der Waals surface area contributed by atoms with E-state index < -0.39 is 0 Å². The fraction of sp³-hybridized carbons (Fsp3) is 0.231. The fourth-order valence-electron chi connectivity index (χ4n) is 1.22. The molecule has 0 amide bonds. The molecule has 0 unspecified atom stereocenters. The summed E-state index contributed by atoms with van der Waals surface area (Å²) in [6.07, 6.45) is 0. The lowest BCUT2D eigenvalue weighted by Crippen LogP contribution is -2.29. The van der Waals surface area contributed by atoms with E-state index in [2.05, 4.69) is 17.2 Å². The highest BCUT2D eigenvalue weighted by atomic mass is 32.1. The molecule has 17 heavy (non-hydrogen) atoms. The fourth-order valence-corrected chi connectivity index (χ4v) is 1.41. The van der Waals surface area contributed by atoms with E-state index in [4.69, 9.17) is 12.2 Å². The van der Waals surface area contributed by atoms with Crippen molar-refractivity contribution in [2.75, 3.05) is 11.9 Å². The Kier molecular flexibility index (Phi) is 4.84. The van der Waals surface area contributed by atoms with E-state index in [0.29, 0.717) is 17.2 Å². The molecule has 90 valence electrons. The Morgan fingerprint density at radius 1 is 1.41 bits per heavy atom. The molecule has 0 atom stereocenters. The van der Waals surface area contributed by atoms with E-state index in [1.807, 2.05) is 19.1 Å². The zero-order chi connectivity index (χ0) is 12.8. The Balaban J connectivity index is 2.62. The number of carbonyl (C=O) groups excluding carboxylic acids is 1. The van der Waals surface area contributed by atoms with E-state index in [-0.39, 0.29) is 5.78 Å². The lowest BCUT2D eigenvalue weighted by atomic mass is 10.1. The standard InChI is InChI=1S/C13H16N2OS/c1-9(2)8-14-13(17)15-12-6-4-5-11(7-12)10(3)16/h4-7H,1,8H2,2-3H3,(H2,14,15,17). The van der Waals surface area contributed by atoms with Crippen LogP contribution < -0.4 is 10.6 Å². The first-order valence-electron chi connectivity index (χ1n) is 5.29. The summed E-state index contributed by atoms with van der Waals surface area (Å²) in [5.74, 6) is 0.0365. The molecule has 0 aromatic heterocycles. The van der Waals surface area contributed by atoms with Crippen LogP contribution in [0.3, 0.4) is 0 Å². The number of carbonyl (C=O) groups is 1. The van der Waals surface area contributed by atoms with Crippen molar-refractivity contribution in [1.29, 1.82) is 0 Å². The van der Waals surface area contributed by atoms with Gasteiger partial charge in [0.05, 0.1) is 0 Å². The molecule has 1 rings (SSSR count). The Morgan fingerprint density at radius 2 is 2.12 bits per heavy atom. The van der Waals surface area contributed by atoms with Gasteiger partial charge in [0, 0.05) is 17.8 Å². The van der Waals surface area contributed by atoms with Gasteiger partial charge in [-0.3, -0.25) is 4.79 Å². The molecule has 1 aromatic rings. The number of benzene rings is 1. The van der Waals surface area contributed by atoms with Gasteiger partial charge in [0.25, 0.3) is 0 Å². The van der Waals surface area contributed by atoms with Gasteiger partial charge in [0.1, 0.15) is 0 Å². The van der Waals surface area contributed by atoms with Crippen LogP contribution in [0, 0.1) is 0 Å². The average Bonchev–Trinajstić information content (AvgIpc) is 2.26. The van der Waals surface area contributed by atoms with Crippen molar-refractivity contribution in [3.05, 3.63) is 42.0 Å². The molecule has 0 spiro atoms. The quantitative estimate of drug-likeness (QED) is 0.488. The van der Waals surface area contributed by atoms with E-state index in [1.54, 1.807) is 12.1 Å². The van der Waals surface area contributed by atoms with Crippen molar-refractivity contribution in [3.8, 4) is 0 Å². The lowest BCUT2D eigenvalue weighted by Gasteiger charge is -2.10. The monoisotopic (exact) mass is 248 g/mol. The van der Waals surface area contributed by atoms with Crippen LogP contribution in [0.2, 0.25) is 0 Å². The average molecular weight is 248 g/mol. The molecule has 0 aliphatic rings. The molecule has 0 fully saturated rings. The van der Waals surface area contributed by atoms with Gasteiger partial charge in [0.2, 0.25) is 0 Å². The Morgan fingerprint density at radius 3 is 2.71 bits per heavy atom. The van der Waals surface area contributed by atoms with E-state index in [0.717, 1.165) is 11.3 Å². The molecule has 0 heterocycles. The van der Waals surface area contributed by atoms with Crippen molar-refractivity contribution in [2.24, 2.45) is 0 Å². The summed E-state index contributed by atoms with van der Waals surface area (Å²) in [7, 11) is 0. The Bertz CT molecular complexity index is 454. The van der Waals surface area contributed by atoms with Crippen LogP contribution in [0.4, 0.5) is 5.69 Å². The van der Waals surface area contributed by atoms with Gasteiger partial charge < -0.3 is 10.6 Å². The van der Waals surface area contributed by atoms with Crippen LogP contribution >= 0.6 is 12.2 Å². The zero-order valence-corrected chi connectivity index (χ0v) is 10.9. The zero-order valence-electron chi connectivity index (χ0n) is 10.0. The molecular formula is C13H16N2OS. The number of anilines is 1. The number of nitrogens with one attached hydrogen (secondary N) is 2. The van der Waals surface area contributed by atoms with Crippen LogP contribution in [0.5, 0.6) is 0 Å². The molecule has 0 aliphatic carbocycles. The maximum atomic E-state index is 11.2. The molecular weight excluding hydrogens is 232 g/mol. The lowest BCUT2D eigenvalue weighted by molar-refractivity contribution is 0.101. The van der Waals surface area contributed by atoms with Crippen LogP contribution in [0.25, 0.3) is 0 Å². The maximum Gasteiger partial charge on any atom is 0.171 e. The normalized spacial score (nSPS) is 9.53. The second kappa shape index (κ2) is 6.15. The number of thiocarbonyl (C=S) groups is 1. The predicted octanol–water partition coefficient (Wildman–Crippen LogP) is 2.75. The topological polar surface area (TPSA) is 41.1 Å². The van der Waals surface area contributed by atoms with Crippen molar-refractivity contribution in [1.82, 2.24) is 5.32 Å². The molecule has 1 aromatic carbocycles. The van der Waals surface area contributed by atoms with Crippen molar-refractivity contribution in [3.63, 3.8) is 0 Å². The minimum absolute atomic E-state index is 0.0365. The van der Waals surface area contributed by atoms with Gasteiger partial charge in [-0.1, -0.05) is 24.3 Å². The van der Waals surface area contributed by atoms with Crippen LogP contribution in [0.1, 0.15) is 24.2 Å². The van der Waals surface area contributed by atoms with Gasteiger partial charge in [-0.25, -0.2) is 0 Å². The molecule has 4 heteroatoms. The minimum Gasteiger partial charge on any atom is -0.359 e. The minimum atomic E-state index is 0.0365. The number of hydrogen-bond acceptors (Lipinski definition) is 2. The van der Waals surface area contributed by atoms with Crippen molar-refractivity contribution >= 4 is 28.8 Å². The highest BCUT2D eigenvalue weighted by Gasteiger charge is 2.01. The number of rotatable bonds is 4. The van der Waals surface area contributed by atoms with Gasteiger partial charge in [-0.15, -0.1) is 0 Å². The second-order valence-electron chi connectivity index (χ2n) is 3.90. The van der Waals surface area contributed by atoms with E-state index >= 15 is 0 Å². The third-order valence-corrected chi connectivity index (χ3v) is 2.32. The molecule has 3 nitrogen and oxygen atoms in total. The summed E-state index contributed by atoms with van der Waals surface area (Å²) in [4.78, 5) is 11.2. The van der Waals surface area contributed by atoms with Crippen molar-refractivity contribution < 1.29 is 4.79 Å². The maximum absolute atomic E-state index is 11.2. The van der Waals surface area contributed by atoms with Gasteiger partial charge in [-0.05, 0) is 38.2 Å². The number of hydrogen-bond donors (Lipinski definition) is 2. The van der Waals surface area contributed by atoms with E-state index in [9.17, 15) is 4.79 Å². The summed E-state index contributed by atoms with van der Waals surface area (Å²) in [5, 5.41) is 6.56. The summed E-state index contributed by atoms with van der Waals surface area (Å²) in [5.41, 5.74) is 2.47. The smallest absolute Gasteiger partial charge is 0.171 e. The summed E-state index contributed by atoms with van der Waals surface area (Å²) < 4.78 is 0. The summed E-state index contributed by atoms with van der Waals surface area (Å²) in [6, 6.07) is 7.23. The van der Waals surface area contributed by atoms with Gasteiger partial charge in [0.15, 0.2) is 10.9 Å². The highest BCUT2D eigenvalue weighted by Crippen LogP contribution is 2.10. The first-order chi connectivity index (χ1) is 7.99. The molecule has 0 aliphatic heterocycles. The summed E-state index contributed by atoms with van der Waals surface area (Å²) >= 11 is 5.12. The molecule has 0 bridgehead atoms. The third kappa shape index (κ3) is 4.78. The largest absolute Gasteiger partial charge is 0.359 e. The third-order valence-electron chi connectivity index (χ3n) is 2.08. The van der Waals surface area contributed by atoms with Gasteiger partial charge in [-0.2, -0.15) is 0 Å². The van der Waals surface area contributed by atoms with Crippen LogP contribution in [-0.2, 0) is 0 Å². The second-order valence-corrected chi connectivity index (χ2v) is 4.31. The predicted molar refractivity (Wildman–Crippen MR) is 75.5 cm³/mol. The highest BCUT2D eigenvalue weighted by molar-refractivity contribution is 7.80. The Labute approximate surface area is 107 Å². The molecule has 2 N–H and O–H groups in total. The number of ketones is 1. The molecule has 0 saturated carbocycles. The molecule has 0 radical (unpaired) electrons. The first kappa shape index (κ1) is 13.4. The molecule has 0 saturated heterocycles. The summed E-state index contributed by atoms with van der Waals surface area (Å²) in [6.45, 7) is 7.88. The first-order valence-corrected chi connectivity index (χ1v) is 5.70. The van der Waals surface area contributed by atoms with Crippen LogP contribution in [0.15, 0.2) is 36.4 Å². The van der Waals surface area contributed by atoms with Crippen LogP contribution in [-0.4, -0.2) is 17.4 Å². The van der Waals surface area contributed by atoms with Gasteiger partial charge >= 0.3 is 0 Å². The SMILES string of the molecule is C=C(C)CNC(=S)Nc1cccc(C(C)=O)c1. The number of Topliss-reactive ketones (excluding diaryl/α,β-unsaturated/α-hetero) is 1. The van der Waals surface area contributed by atoms with E-state index in [1.165, 1.54) is 6.92 Å². The Hall–Kier alpha value is -1.68. The van der Waals surface area contributed by atoms with Crippen molar-refractivity contribution in [2.45, 2.75) is 13.8 Å².